The van der Waals surface area contributed by atoms with Crippen molar-refractivity contribution in [1.82, 2.24) is 0 Å². The standard InChI is InChI=1S/C21H16O/c22-13-21-17-10-4-1-7-14(17)20(15-8-2-5-11-18(15)21)16-9-3-6-12-19(16)21/h1-12,20,22H,13H2. The maximum atomic E-state index is 10.5. The molecule has 0 radical (unpaired) electrons. The van der Waals surface area contributed by atoms with Crippen molar-refractivity contribution in [1.29, 1.82) is 0 Å². The Labute approximate surface area is 129 Å². The highest BCUT2D eigenvalue weighted by atomic mass is 16.3. The van der Waals surface area contributed by atoms with Crippen LogP contribution < -0.4 is 0 Å². The average molecular weight is 284 g/mol. The summed E-state index contributed by atoms with van der Waals surface area (Å²) in [7, 11) is 0. The van der Waals surface area contributed by atoms with E-state index in [0.717, 1.165) is 0 Å². The van der Waals surface area contributed by atoms with Crippen LogP contribution in [0.15, 0.2) is 72.8 Å². The minimum Gasteiger partial charge on any atom is -0.395 e. The highest BCUT2D eigenvalue weighted by Crippen LogP contribution is 2.58. The van der Waals surface area contributed by atoms with Gasteiger partial charge in [0.25, 0.3) is 0 Å². The summed E-state index contributed by atoms with van der Waals surface area (Å²) in [6, 6.07) is 25.8. The van der Waals surface area contributed by atoms with Crippen LogP contribution in [0.5, 0.6) is 0 Å². The molecule has 2 bridgehead atoms. The molecule has 3 aromatic carbocycles. The average Bonchev–Trinajstić information content (AvgIpc) is 2.61. The van der Waals surface area contributed by atoms with Crippen LogP contribution >= 0.6 is 0 Å². The summed E-state index contributed by atoms with van der Waals surface area (Å²) in [5.41, 5.74) is 7.40. The summed E-state index contributed by atoms with van der Waals surface area (Å²) in [5, 5.41) is 10.5. The molecular weight excluding hydrogens is 268 g/mol. The largest absolute Gasteiger partial charge is 0.395 e. The van der Waals surface area contributed by atoms with Crippen LogP contribution in [-0.4, -0.2) is 11.7 Å². The Balaban J connectivity index is 2.00. The zero-order valence-corrected chi connectivity index (χ0v) is 12.2. The van der Waals surface area contributed by atoms with E-state index < -0.39 is 5.41 Å². The molecule has 0 heterocycles. The normalized spacial score (nSPS) is 23.6. The predicted octanol–water partition coefficient (Wildman–Crippen LogP) is 3.82. The predicted molar refractivity (Wildman–Crippen MR) is 87.2 cm³/mol. The second-order valence-electron chi connectivity index (χ2n) is 6.26. The minimum atomic E-state index is -0.418. The Morgan fingerprint density at radius 1 is 0.636 bits per heavy atom. The van der Waals surface area contributed by atoms with E-state index in [1.54, 1.807) is 0 Å². The molecule has 0 amide bonds. The Kier molecular flexibility index (Phi) is 2.26. The summed E-state index contributed by atoms with van der Waals surface area (Å²) in [6.07, 6.45) is 0. The molecule has 0 atom stereocenters. The van der Waals surface area contributed by atoms with E-state index in [1.165, 1.54) is 33.4 Å². The quantitative estimate of drug-likeness (QED) is 0.720. The number of hydrogen-bond donors (Lipinski definition) is 1. The maximum Gasteiger partial charge on any atom is 0.0691 e. The molecule has 6 rings (SSSR count). The van der Waals surface area contributed by atoms with Crippen molar-refractivity contribution in [2.45, 2.75) is 11.3 Å². The fourth-order valence-corrected chi connectivity index (χ4v) is 4.61. The van der Waals surface area contributed by atoms with E-state index in [2.05, 4.69) is 72.8 Å². The molecule has 1 nitrogen and oxygen atoms in total. The van der Waals surface area contributed by atoms with Crippen LogP contribution in [0.1, 0.15) is 39.3 Å². The van der Waals surface area contributed by atoms with Gasteiger partial charge < -0.3 is 5.11 Å². The van der Waals surface area contributed by atoms with Gasteiger partial charge in [0.1, 0.15) is 0 Å². The molecule has 0 aromatic heterocycles. The van der Waals surface area contributed by atoms with Crippen molar-refractivity contribution in [3.63, 3.8) is 0 Å². The Bertz CT molecular complexity index is 778. The van der Waals surface area contributed by atoms with Gasteiger partial charge in [0.05, 0.1) is 12.0 Å². The summed E-state index contributed by atoms with van der Waals surface area (Å²) in [6.45, 7) is 0.102. The first kappa shape index (κ1) is 12.2. The van der Waals surface area contributed by atoms with Crippen LogP contribution in [0.3, 0.4) is 0 Å². The van der Waals surface area contributed by atoms with Gasteiger partial charge >= 0.3 is 0 Å². The first-order valence-electron chi connectivity index (χ1n) is 7.77. The van der Waals surface area contributed by atoms with Crippen LogP contribution in [0.25, 0.3) is 0 Å². The zero-order chi connectivity index (χ0) is 14.7. The first-order valence-corrected chi connectivity index (χ1v) is 7.77. The second kappa shape index (κ2) is 4.08. The highest BCUT2D eigenvalue weighted by molar-refractivity contribution is 5.71. The molecule has 0 saturated heterocycles. The van der Waals surface area contributed by atoms with E-state index in [1.807, 2.05) is 0 Å². The highest BCUT2D eigenvalue weighted by Gasteiger charge is 2.50. The van der Waals surface area contributed by atoms with Crippen molar-refractivity contribution < 1.29 is 5.11 Å². The van der Waals surface area contributed by atoms with Crippen LogP contribution in [-0.2, 0) is 5.41 Å². The molecule has 0 aliphatic heterocycles. The summed E-state index contributed by atoms with van der Waals surface area (Å²) >= 11 is 0. The Morgan fingerprint density at radius 2 is 1.00 bits per heavy atom. The third-order valence-corrected chi connectivity index (χ3v) is 5.43. The SMILES string of the molecule is OCC12c3ccccc3C(c3ccccc31)c1ccccc12. The van der Waals surface area contributed by atoms with Gasteiger partial charge in [-0.3, -0.25) is 0 Å². The Hall–Kier alpha value is -2.38. The molecular formula is C21H16O. The summed E-state index contributed by atoms with van der Waals surface area (Å²) in [4.78, 5) is 0. The van der Waals surface area contributed by atoms with Gasteiger partial charge in [-0.15, -0.1) is 0 Å². The number of benzene rings is 3. The lowest BCUT2D eigenvalue weighted by atomic mass is 9.53. The van der Waals surface area contributed by atoms with Crippen molar-refractivity contribution in [3.8, 4) is 0 Å². The topological polar surface area (TPSA) is 20.2 Å². The first-order chi connectivity index (χ1) is 10.9. The van der Waals surface area contributed by atoms with Crippen molar-refractivity contribution >= 4 is 0 Å². The third-order valence-electron chi connectivity index (χ3n) is 5.43. The van der Waals surface area contributed by atoms with Crippen molar-refractivity contribution in [2.24, 2.45) is 0 Å². The molecule has 1 N–H and O–H groups in total. The molecule has 22 heavy (non-hydrogen) atoms. The van der Waals surface area contributed by atoms with Gasteiger partial charge in [0, 0.05) is 5.92 Å². The third kappa shape index (κ3) is 1.20. The lowest BCUT2D eigenvalue weighted by Crippen LogP contribution is -2.44. The molecule has 3 aliphatic rings. The number of hydrogen-bond acceptors (Lipinski definition) is 1. The number of rotatable bonds is 1. The zero-order valence-electron chi connectivity index (χ0n) is 12.2. The lowest BCUT2D eigenvalue weighted by molar-refractivity contribution is 0.235. The molecule has 0 unspecified atom stereocenters. The smallest absolute Gasteiger partial charge is 0.0691 e. The fourth-order valence-electron chi connectivity index (χ4n) is 4.61. The molecule has 3 aliphatic carbocycles. The summed E-state index contributed by atoms with van der Waals surface area (Å²) in [5.74, 6) is 0.289. The van der Waals surface area contributed by atoms with E-state index >= 15 is 0 Å². The fraction of sp³-hybridized carbons (Fsp3) is 0.143. The lowest BCUT2D eigenvalue weighted by Gasteiger charge is -2.49. The molecule has 106 valence electrons. The van der Waals surface area contributed by atoms with Gasteiger partial charge in [0.15, 0.2) is 0 Å². The molecule has 0 saturated carbocycles. The minimum absolute atomic E-state index is 0.102. The molecule has 0 fully saturated rings. The van der Waals surface area contributed by atoms with Gasteiger partial charge in [0.2, 0.25) is 0 Å². The van der Waals surface area contributed by atoms with Gasteiger partial charge in [-0.2, -0.15) is 0 Å². The van der Waals surface area contributed by atoms with Crippen LogP contribution in [0.2, 0.25) is 0 Å². The van der Waals surface area contributed by atoms with E-state index in [4.69, 9.17) is 0 Å². The maximum absolute atomic E-state index is 10.5. The van der Waals surface area contributed by atoms with Gasteiger partial charge in [-0.1, -0.05) is 72.8 Å². The number of aliphatic hydroxyl groups excluding tert-OH is 1. The molecule has 3 aromatic rings. The van der Waals surface area contributed by atoms with Crippen molar-refractivity contribution in [3.05, 3.63) is 106 Å². The summed E-state index contributed by atoms with van der Waals surface area (Å²) < 4.78 is 0. The van der Waals surface area contributed by atoms with E-state index in [0.29, 0.717) is 0 Å². The van der Waals surface area contributed by atoms with Gasteiger partial charge in [-0.05, 0) is 33.4 Å². The van der Waals surface area contributed by atoms with E-state index in [-0.39, 0.29) is 12.5 Å². The van der Waals surface area contributed by atoms with Crippen molar-refractivity contribution in [2.75, 3.05) is 6.61 Å². The van der Waals surface area contributed by atoms with E-state index in [9.17, 15) is 5.11 Å². The number of aliphatic hydroxyl groups is 1. The van der Waals surface area contributed by atoms with Crippen LogP contribution in [0, 0.1) is 0 Å². The molecule has 0 spiro atoms. The Morgan fingerprint density at radius 3 is 1.36 bits per heavy atom. The van der Waals surface area contributed by atoms with Crippen LogP contribution in [0.4, 0.5) is 0 Å². The molecule has 1 heteroatoms. The second-order valence-corrected chi connectivity index (χ2v) is 6.26. The monoisotopic (exact) mass is 284 g/mol. The van der Waals surface area contributed by atoms with Gasteiger partial charge in [-0.25, -0.2) is 0 Å².